The Morgan fingerprint density at radius 1 is 1.18 bits per heavy atom. The number of nitrogens with zero attached hydrogens (tertiary/aromatic N) is 5. The van der Waals surface area contributed by atoms with Gasteiger partial charge in [0, 0.05) is 49.0 Å². The van der Waals surface area contributed by atoms with Crippen LogP contribution in [0.15, 0.2) is 42.0 Å². The molecule has 34 heavy (non-hydrogen) atoms. The van der Waals surface area contributed by atoms with Crippen LogP contribution < -0.4 is 10.6 Å². The highest BCUT2D eigenvalue weighted by Gasteiger charge is 2.24. The molecule has 0 atom stereocenters. The number of benzene rings is 1. The van der Waals surface area contributed by atoms with Crippen molar-refractivity contribution in [1.82, 2.24) is 29.6 Å². The van der Waals surface area contributed by atoms with Gasteiger partial charge in [-0.05, 0) is 44.0 Å². The second kappa shape index (κ2) is 9.34. The molecule has 1 aromatic carbocycles. The van der Waals surface area contributed by atoms with Crippen molar-refractivity contribution in [3.8, 4) is 22.6 Å². The van der Waals surface area contributed by atoms with Crippen LogP contribution in [0.1, 0.15) is 19.8 Å². The monoisotopic (exact) mass is 483 g/mol. The maximum Gasteiger partial charge on any atom is 0.317 e. The number of fused-ring (bicyclic) bond motifs is 1. The summed E-state index contributed by atoms with van der Waals surface area (Å²) in [7, 11) is 0. The van der Waals surface area contributed by atoms with Crippen molar-refractivity contribution in [2.75, 3.05) is 25.0 Å². The quantitative estimate of drug-likeness (QED) is 0.439. The number of amides is 2. The van der Waals surface area contributed by atoms with Gasteiger partial charge in [0.05, 0.1) is 11.4 Å². The van der Waals surface area contributed by atoms with E-state index in [9.17, 15) is 13.6 Å². The SMILES string of the molecule is CCNC(=O)N1CCC(Nc2nccc(-c3c(-c4ccc(F)c(F)c4)nc4sccn34)n2)CC1. The Kier molecular flexibility index (Phi) is 6.10. The average molecular weight is 484 g/mol. The molecule has 3 aromatic heterocycles. The zero-order valence-corrected chi connectivity index (χ0v) is 19.3. The molecule has 0 saturated carbocycles. The number of piperidine rings is 1. The van der Waals surface area contributed by atoms with E-state index >= 15 is 0 Å². The lowest BCUT2D eigenvalue weighted by Crippen LogP contribution is -2.46. The summed E-state index contributed by atoms with van der Waals surface area (Å²) in [6.45, 7) is 3.82. The molecular formula is C23H23F2N7OS. The number of hydrogen-bond acceptors (Lipinski definition) is 6. The Balaban J connectivity index is 1.41. The van der Waals surface area contributed by atoms with Crippen LogP contribution in [0.2, 0.25) is 0 Å². The largest absolute Gasteiger partial charge is 0.351 e. The lowest BCUT2D eigenvalue weighted by atomic mass is 10.1. The van der Waals surface area contributed by atoms with Crippen molar-refractivity contribution in [1.29, 1.82) is 0 Å². The summed E-state index contributed by atoms with van der Waals surface area (Å²) in [6.07, 6.45) is 5.10. The molecule has 1 aliphatic heterocycles. The zero-order chi connectivity index (χ0) is 23.7. The van der Waals surface area contributed by atoms with Gasteiger partial charge >= 0.3 is 6.03 Å². The van der Waals surface area contributed by atoms with E-state index in [1.165, 1.54) is 17.4 Å². The summed E-state index contributed by atoms with van der Waals surface area (Å²) < 4.78 is 29.4. The Bertz CT molecular complexity index is 1330. The number of anilines is 1. The third-order valence-electron chi connectivity index (χ3n) is 5.80. The molecule has 0 aliphatic carbocycles. The van der Waals surface area contributed by atoms with Gasteiger partial charge in [-0.15, -0.1) is 11.3 Å². The first-order valence-electron chi connectivity index (χ1n) is 11.1. The van der Waals surface area contributed by atoms with E-state index in [0.29, 0.717) is 48.2 Å². The molecule has 2 amide bonds. The molecule has 5 rings (SSSR count). The van der Waals surface area contributed by atoms with Gasteiger partial charge in [-0.2, -0.15) is 0 Å². The van der Waals surface area contributed by atoms with Gasteiger partial charge in [0.1, 0.15) is 5.69 Å². The molecule has 4 heterocycles. The molecule has 0 bridgehead atoms. The number of carbonyl (C=O) groups is 1. The van der Waals surface area contributed by atoms with E-state index in [0.717, 1.165) is 29.9 Å². The fraction of sp³-hybridized carbons (Fsp3) is 0.304. The predicted molar refractivity (Wildman–Crippen MR) is 127 cm³/mol. The smallest absolute Gasteiger partial charge is 0.317 e. The first-order valence-corrected chi connectivity index (χ1v) is 11.9. The highest BCUT2D eigenvalue weighted by atomic mass is 32.1. The van der Waals surface area contributed by atoms with Crippen LogP contribution in [0.5, 0.6) is 0 Å². The van der Waals surface area contributed by atoms with Crippen LogP contribution in [0.3, 0.4) is 0 Å². The standard InChI is InChI=1S/C23H23F2N7OS/c1-2-26-22(33)31-9-6-15(7-10-31)28-21-27-8-5-18(29-21)20-19(30-23-32(20)11-12-34-23)14-3-4-16(24)17(25)13-14/h3-5,8,11-13,15H,2,6-7,9-10H2,1H3,(H,26,33)(H,27,28,29). The second-order valence-corrected chi connectivity index (χ2v) is 8.87. The molecule has 0 unspecified atom stereocenters. The summed E-state index contributed by atoms with van der Waals surface area (Å²) in [5.74, 6) is -1.36. The van der Waals surface area contributed by atoms with E-state index in [-0.39, 0.29) is 12.1 Å². The van der Waals surface area contributed by atoms with Gasteiger partial charge in [0.2, 0.25) is 5.95 Å². The number of halogens is 2. The third kappa shape index (κ3) is 4.30. The van der Waals surface area contributed by atoms with Crippen molar-refractivity contribution >= 4 is 28.3 Å². The van der Waals surface area contributed by atoms with Crippen LogP contribution in [0.25, 0.3) is 27.6 Å². The van der Waals surface area contributed by atoms with E-state index in [1.807, 2.05) is 27.8 Å². The first-order chi connectivity index (χ1) is 16.5. The molecular weight excluding hydrogens is 460 g/mol. The number of imidazole rings is 1. The van der Waals surface area contributed by atoms with Crippen molar-refractivity contribution in [3.63, 3.8) is 0 Å². The van der Waals surface area contributed by atoms with Crippen LogP contribution >= 0.6 is 11.3 Å². The fourth-order valence-electron chi connectivity index (χ4n) is 4.11. The average Bonchev–Trinajstić information content (AvgIpc) is 3.43. The molecule has 11 heteroatoms. The normalized spacial score (nSPS) is 14.5. The van der Waals surface area contributed by atoms with Gasteiger partial charge in [-0.25, -0.2) is 28.5 Å². The van der Waals surface area contributed by atoms with Crippen molar-refractivity contribution in [2.24, 2.45) is 0 Å². The minimum atomic E-state index is -0.927. The second-order valence-electron chi connectivity index (χ2n) is 8.00. The van der Waals surface area contributed by atoms with Gasteiger partial charge in [0.15, 0.2) is 16.6 Å². The minimum absolute atomic E-state index is 0.0375. The van der Waals surface area contributed by atoms with Crippen LogP contribution in [0.4, 0.5) is 19.5 Å². The molecule has 1 aliphatic rings. The van der Waals surface area contributed by atoms with E-state index in [4.69, 9.17) is 4.98 Å². The number of hydrogen-bond donors (Lipinski definition) is 2. The van der Waals surface area contributed by atoms with Crippen molar-refractivity contribution in [3.05, 3.63) is 53.7 Å². The molecule has 0 spiro atoms. The van der Waals surface area contributed by atoms with Crippen molar-refractivity contribution in [2.45, 2.75) is 25.8 Å². The number of thiazole rings is 1. The highest BCUT2D eigenvalue weighted by molar-refractivity contribution is 7.15. The van der Waals surface area contributed by atoms with Gasteiger partial charge in [-0.1, -0.05) is 0 Å². The van der Waals surface area contributed by atoms with Crippen LogP contribution in [-0.4, -0.2) is 56.0 Å². The number of aromatic nitrogens is 4. The molecule has 1 saturated heterocycles. The molecule has 0 radical (unpaired) electrons. The summed E-state index contributed by atoms with van der Waals surface area (Å²) in [6, 6.07) is 5.63. The fourth-order valence-corrected chi connectivity index (χ4v) is 4.82. The number of nitrogens with one attached hydrogen (secondary N) is 2. The zero-order valence-electron chi connectivity index (χ0n) is 18.5. The number of likely N-dealkylation sites (tertiary alicyclic amines) is 1. The summed E-state index contributed by atoms with van der Waals surface area (Å²) >= 11 is 1.45. The van der Waals surface area contributed by atoms with Gasteiger partial charge < -0.3 is 15.5 Å². The molecule has 4 aromatic rings. The van der Waals surface area contributed by atoms with E-state index in [2.05, 4.69) is 20.6 Å². The summed E-state index contributed by atoms with van der Waals surface area (Å²) in [5, 5.41) is 8.11. The Labute approximate surface area is 198 Å². The molecule has 176 valence electrons. The Hall–Kier alpha value is -3.60. The maximum atomic E-state index is 14.0. The van der Waals surface area contributed by atoms with Gasteiger partial charge in [-0.3, -0.25) is 4.40 Å². The maximum absolute atomic E-state index is 14.0. The lowest BCUT2D eigenvalue weighted by molar-refractivity contribution is 0.184. The Morgan fingerprint density at radius 3 is 2.76 bits per heavy atom. The van der Waals surface area contributed by atoms with Gasteiger partial charge in [0.25, 0.3) is 0 Å². The van der Waals surface area contributed by atoms with Crippen LogP contribution in [0, 0.1) is 11.6 Å². The summed E-state index contributed by atoms with van der Waals surface area (Å²) in [4.78, 5) is 28.3. The molecule has 1 fully saturated rings. The van der Waals surface area contributed by atoms with E-state index < -0.39 is 11.6 Å². The lowest BCUT2D eigenvalue weighted by Gasteiger charge is -2.32. The topological polar surface area (TPSA) is 87.5 Å². The van der Waals surface area contributed by atoms with Crippen LogP contribution in [-0.2, 0) is 0 Å². The Morgan fingerprint density at radius 2 is 2.00 bits per heavy atom. The number of urea groups is 1. The third-order valence-corrected chi connectivity index (χ3v) is 6.55. The summed E-state index contributed by atoms with van der Waals surface area (Å²) in [5.41, 5.74) is 2.28. The predicted octanol–water partition coefficient (Wildman–Crippen LogP) is 4.40. The van der Waals surface area contributed by atoms with Crippen molar-refractivity contribution < 1.29 is 13.6 Å². The molecule has 2 N–H and O–H groups in total. The highest BCUT2D eigenvalue weighted by Crippen LogP contribution is 2.34. The minimum Gasteiger partial charge on any atom is -0.351 e. The first kappa shape index (κ1) is 22.2. The number of carbonyl (C=O) groups excluding carboxylic acids is 1. The number of rotatable bonds is 5. The molecule has 8 nitrogen and oxygen atoms in total. The van der Waals surface area contributed by atoms with E-state index in [1.54, 1.807) is 12.3 Å².